The number of hydrogen-bond acceptors (Lipinski definition) is 5. The Hall–Kier alpha value is -2.21. The van der Waals surface area contributed by atoms with Gasteiger partial charge in [0.1, 0.15) is 5.82 Å². The molecule has 2 aromatic rings. The van der Waals surface area contributed by atoms with Crippen LogP contribution in [-0.4, -0.2) is 59.2 Å². The Kier molecular flexibility index (Phi) is 3.70. The Morgan fingerprint density at radius 2 is 1.95 bits per heavy atom. The third kappa shape index (κ3) is 2.80. The highest BCUT2D eigenvalue weighted by atomic mass is 16.4. The number of likely N-dealkylation sites (N-methyl/N-ethyl adjacent to an activating group) is 1. The van der Waals surface area contributed by atoms with Gasteiger partial charge in [0.05, 0.1) is 5.52 Å². The molecule has 3 rings (SSSR count). The smallest absolute Gasteiger partial charge is 0.374 e. The maximum Gasteiger partial charge on any atom is 0.374 e. The molecule has 1 aromatic heterocycles. The second kappa shape index (κ2) is 5.65. The van der Waals surface area contributed by atoms with E-state index in [-0.39, 0.29) is 5.82 Å². The van der Waals surface area contributed by atoms with Crippen molar-refractivity contribution in [3.05, 3.63) is 30.1 Å². The topological polar surface area (TPSA) is 69.6 Å². The largest absolute Gasteiger partial charge is 0.475 e. The zero-order valence-electron chi connectivity index (χ0n) is 12.0. The molecule has 110 valence electrons. The van der Waals surface area contributed by atoms with Crippen LogP contribution in [0.25, 0.3) is 10.9 Å². The molecule has 2 heterocycles. The van der Waals surface area contributed by atoms with E-state index in [9.17, 15) is 9.90 Å². The molecule has 1 saturated heterocycles. The monoisotopic (exact) mass is 286 g/mol. The molecule has 6 nitrogen and oxygen atoms in total. The molecule has 1 aliphatic heterocycles. The fourth-order valence-corrected chi connectivity index (χ4v) is 2.65. The number of nitrogens with zero attached hydrogens (tertiary/aromatic N) is 4. The summed E-state index contributed by atoms with van der Waals surface area (Å²) >= 11 is 0. The van der Waals surface area contributed by atoms with Gasteiger partial charge in [-0.3, -0.25) is 0 Å². The average molecular weight is 286 g/mol. The quantitative estimate of drug-likeness (QED) is 0.901. The maximum absolute atomic E-state index is 11.2. The Balaban J connectivity index is 2.09. The number of aromatic nitrogens is 2. The summed E-state index contributed by atoms with van der Waals surface area (Å²) < 4.78 is 0. The zero-order valence-corrected chi connectivity index (χ0v) is 12.0. The molecular formula is C15H18N4O2. The number of fused-ring (bicyclic) bond motifs is 1. The van der Waals surface area contributed by atoms with Gasteiger partial charge in [-0.05, 0) is 32.1 Å². The number of carbonyl (C=O) groups is 1. The van der Waals surface area contributed by atoms with E-state index in [0.29, 0.717) is 5.52 Å². The predicted molar refractivity (Wildman–Crippen MR) is 80.8 cm³/mol. The van der Waals surface area contributed by atoms with Gasteiger partial charge in [-0.25, -0.2) is 14.8 Å². The van der Waals surface area contributed by atoms with E-state index >= 15 is 0 Å². The number of hydrogen-bond donors (Lipinski definition) is 1. The lowest BCUT2D eigenvalue weighted by molar-refractivity contribution is 0.0684. The van der Waals surface area contributed by atoms with Crippen molar-refractivity contribution in [3.8, 4) is 0 Å². The molecule has 0 atom stereocenters. The highest BCUT2D eigenvalue weighted by Crippen LogP contribution is 2.24. The predicted octanol–water partition coefficient (Wildman–Crippen LogP) is 1.47. The summed E-state index contributed by atoms with van der Waals surface area (Å²) in [5.74, 6) is -0.497. The summed E-state index contributed by atoms with van der Waals surface area (Å²) in [4.78, 5) is 24.1. The molecule has 0 amide bonds. The minimum atomic E-state index is -1.09. The fraction of sp³-hybridized carbons (Fsp3) is 0.400. The zero-order chi connectivity index (χ0) is 14.8. The van der Waals surface area contributed by atoms with Gasteiger partial charge in [-0.1, -0.05) is 12.1 Å². The third-order valence-electron chi connectivity index (χ3n) is 3.79. The van der Waals surface area contributed by atoms with Gasteiger partial charge in [0, 0.05) is 25.0 Å². The molecule has 0 radical (unpaired) electrons. The summed E-state index contributed by atoms with van der Waals surface area (Å²) in [6.07, 6.45) is 1.04. The van der Waals surface area contributed by atoms with E-state index in [1.807, 2.05) is 24.3 Å². The minimum absolute atomic E-state index is 0.138. The van der Waals surface area contributed by atoms with Gasteiger partial charge in [0.2, 0.25) is 5.82 Å². The van der Waals surface area contributed by atoms with E-state index in [0.717, 1.165) is 43.8 Å². The summed E-state index contributed by atoms with van der Waals surface area (Å²) in [6.45, 7) is 3.72. The number of benzene rings is 1. The minimum Gasteiger partial charge on any atom is -0.475 e. The highest BCUT2D eigenvalue weighted by Gasteiger charge is 2.19. The van der Waals surface area contributed by atoms with Gasteiger partial charge in [0.25, 0.3) is 0 Å². The van der Waals surface area contributed by atoms with Crippen molar-refractivity contribution in [1.29, 1.82) is 0 Å². The molecule has 1 N–H and O–H groups in total. The van der Waals surface area contributed by atoms with Crippen molar-refractivity contribution in [2.45, 2.75) is 6.42 Å². The SMILES string of the molecule is CN1CCCN(c2nc(C(=O)O)nc3ccccc23)CC1. The normalized spacial score (nSPS) is 16.9. The lowest BCUT2D eigenvalue weighted by atomic mass is 10.2. The number of carboxylic acid groups (broad SMARTS) is 1. The van der Waals surface area contributed by atoms with Crippen LogP contribution in [-0.2, 0) is 0 Å². The van der Waals surface area contributed by atoms with Gasteiger partial charge in [-0.2, -0.15) is 0 Å². The first-order valence-electron chi connectivity index (χ1n) is 7.09. The molecule has 0 unspecified atom stereocenters. The van der Waals surface area contributed by atoms with Crippen LogP contribution in [0.4, 0.5) is 5.82 Å². The van der Waals surface area contributed by atoms with Crippen LogP contribution in [0.3, 0.4) is 0 Å². The van der Waals surface area contributed by atoms with E-state index in [4.69, 9.17) is 0 Å². The second-order valence-electron chi connectivity index (χ2n) is 5.34. The molecule has 1 aliphatic rings. The van der Waals surface area contributed by atoms with Crippen LogP contribution in [0.2, 0.25) is 0 Å². The Morgan fingerprint density at radius 3 is 2.76 bits per heavy atom. The highest BCUT2D eigenvalue weighted by molar-refractivity contribution is 5.93. The van der Waals surface area contributed by atoms with E-state index < -0.39 is 5.97 Å². The van der Waals surface area contributed by atoms with Gasteiger partial charge >= 0.3 is 5.97 Å². The number of aromatic carboxylic acids is 1. The molecule has 1 aromatic carbocycles. The summed E-state index contributed by atoms with van der Waals surface area (Å²) in [5.41, 5.74) is 0.678. The molecule has 6 heteroatoms. The number of carboxylic acids is 1. The van der Waals surface area contributed by atoms with Gasteiger partial charge < -0.3 is 14.9 Å². The molecule has 0 spiro atoms. The molecule has 0 bridgehead atoms. The van der Waals surface area contributed by atoms with Crippen molar-refractivity contribution in [3.63, 3.8) is 0 Å². The third-order valence-corrected chi connectivity index (χ3v) is 3.79. The van der Waals surface area contributed by atoms with Crippen molar-refractivity contribution < 1.29 is 9.90 Å². The standard InChI is InChI=1S/C15H18N4O2/c1-18-7-4-8-19(10-9-18)14-11-5-2-3-6-12(11)16-13(17-14)15(20)21/h2-3,5-6H,4,7-10H2,1H3,(H,20,21). The Bertz CT molecular complexity index is 674. The van der Waals surface area contributed by atoms with Crippen LogP contribution in [0.1, 0.15) is 17.0 Å². The lowest BCUT2D eigenvalue weighted by Gasteiger charge is -2.23. The lowest BCUT2D eigenvalue weighted by Crippen LogP contribution is -2.30. The molecule has 0 saturated carbocycles. The second-order valence-corrected chi connectivity index (χ2v) is 5.34. The number of para-hydroxylation sites is 1. The van der Waals surface area contributed by atoms with E-state index in [2.05, 4.69) is 26.8 Å². The summed E-state index contributed by atoms with van der Waals surface area (Å²) in [7, 11) is 2.10. The molecule has 21 heavy (non-hydrogen) atoms. The molecular weight excluding hydrogens is 268 g/mol. The van der Waals surface area contributed by atoms with Crippen LogP contribution in [0.5, 0.6) is 0 Å². The molecule has 0 aliphatic carbocycles. The van der Waals surface area contributed by atoms with Crippen LogP contribution >= 0.6 is 0 Å². The van der Waals surface area contributed by atoms with Crippen LogP contribution in [0, 0.1) is 0 Å². The van der Waals surface area contributed by atoms with Crippen molar-refractivity contribution in [2.24, 2.45) is 0 Å². The van der Waals surface area contributed by atoms with Crippen molar-refractivity contribution in [2.75, 3.05) is 38.1 Å². The van der Waals surface area contributed by atoms with E-state index in [1.54, 1.807) is 0 Å². The van der Waals surface area contributed by atoms with E-state index in [1.165, 1.54) is 0 Å². The first kappa shape index (κ1) is 13.8. The van der Waals surface area contributed by atoms with Crippen LogP contribution in [0.15, 0.2) is 24.3 Å². The average Bonchev–Trinajstić information content (AvgIpc) is 2.70. The summed E-state index contributed by atoms with van der Waals surface area (Å²) in [6, 6.07) is 7.57. The number of rotatable bonds is 2. The Labute approximate surface area is 123 Å². The first-order valence-corrected chi connectivity index (χ1v) is 7.09. The van der Waals surface area contributed by atoms with Crippen LogP contribution < -0.4 is 4.90 Å². The summed E-state index contributed by atoms with van der Waals surface area (Å²) in [5, 5.41) is 10.1. The van der Waals surface area contributed by atoms with Gasteiger partial charge in [-0.15, -0.1) is 0 Å². The van der Waals surface area contributed by atoms with Crippen molar-refractivity contribution >= 4 is 22.7 Å². The Morgan fingerprint density at radius 1 is 1.14 bits per heavy atom. The number of anilines is 1. The molecule has 1 fully saturated rings. The van der Waals surface area contributed by atoms with Gasteiger partial charge in [0.15, 0.2) is 0 Å². The van der Waals surface area contributed by atoms with Crippen molar-refractivity contribution in [1.82, 2.24) is 14.9 Å². The fourth-order valence-electron chi connectivity index (χ4n) is 2.65. The maximum atomic E-state index is 11.2. The first-order chi connectivity index (χ1) is 10.1.